The molecule has 0 saturated carbocycles. The van der Waals surface area contributed by atoms with Crippen molar-refractivity contribution >= 4 is 0 Å². The number of imidazole rings is 1. The molecule has 0 amide bonds. The quantitative estimate of drug-likeness (QED) is 0.781. The molecule has 19 heavy (non-hydrogen) atoms. The van der Waals surface area contributed by atoms with Crippen molar-refractivity contribution in [1.82, 2.24) is 19.8 Å². The topological polar surface area (TPSA) is 33.1 Å². The van der Waals surface area contributed by atoms with Crippen LogP contribution in [0.25, 0.3) is 0 Å². The Labute approximate surface area is 117 Å². The number of aryl methyl sites for hydroxylation is 1. The number of likely N-dealkylation sites (tertiary alicyclic amines) is 1. The molecule has 0 spiro atoms. The van der Waals surface area contributed by atoms with Gasteiger partial charge in [0.15, 0.2) is 0 Å². The van der Waals surface area contributed by atoms with Crippen molar-refractivity contribution in [2.24, 2.45) is 5.92 Å². The predicted molar refractivity (Wildman–Crippen MR) is 79.1 cm³/mol. The van der Waals surface area contributed by atoms with E-state index in [0.29, 0.717) is 5.92 Å². The Morgan fingerprint density at radius 3 is 2.79 bits per heavy atom. The van der Waals surface area contributed by atoms with E-state index in [4.69, 9.17) is 0 Å². The second-order valence-corrected chi connectivity index (χ2v) is 6.03. The van der Waals surface area contributed by atoms with Crippen LogP contribution in [0.3, 0.4) is 0 Å². The number of nitrogens with zero attached hydrogens (tertiary/aromatic N) is 3. The summed E-state index contributed by atoms with van der Waals surface area (Å²) in [6.45, 7) is 11.3. The van der Waals surface area contributed by atoms with Gasteiger partial charge >= 0.3 is 0 Å². The highest BCUT2D eigenvalue weighted by molar-refractivity contribution is 4.96. The molecule has 0 radical (unpaired) electrons. The fourth-order valence-electron chi connectivity index (χ4n) is 2.59. The van der Waals surface area contributed by atoms with Gasteiger partial charge in [-0.25, -0.2) is 4.98 Å². The van der Waals surface area contributed by atoms with Crippen LogP contribution in [0.15, 0.2) is 12.5 Å². The van der Waals surface area contributed by atoms with Crippen LogP contribution in [0.2, 0.25) is 0 Å². The fraction of sp³-hybridized carbons (Fsp3) is 0.800. The van der Waals surface area contributed by atoms with Gasteiger partial charge < -0.3 is 14.8 Å². The maximum Gasteiger partial charge on any atom is 0.0949 e. The number of aromatic nitrogens is 2. The van der Waals surface area contributed by atoms with Crippen molar-refractivity contribution in [1.29, 1.82) is 0 Å². The molecule has 2 heterocycles. The van der Waals surface area contributed by atoms with E-state index in [1.54, 1.807) is 0 Å². The summed E-state index contributed by atoms with van der Waals surface area (Å²) >= 11 is 0. The average Bonchev–Trinajstić information content (AvgIpc) is 3.00. The molecule has 1 aliphatic rings. The van der Waals surface area contributed by atoms with Gasteiger partial charge in [0.1, 0.15) is 0 Å². The molecule has 0 unspecified atom stereocenters. The highest BCUT2D eigenvalue weighted by Gasteiger charge is 2.10. The first-order valence-corrected chi connectivity index (χ1v) is 7.68. The lowest BCUT2D eigenvalue weighted by Crippen LogP contribution is -2.21. The van der Waals surface area contributed by atoms with Crippen LogP contribution in [0.5, 0.6) is 0 Å². The Morgan fingerprint density at radius 2 is 2.05 bits per heavy atom. The molecular weight excluding hydrogens is 236 g/mol. The zero-order valence-electron chi connectivity index (χ0n) is 12.4. The second kappa shape index (κ2) is 7.65. The highest BCUT2D eigenvalue weighted by Crippen LogP contribution is 2.08. The first-order chi connectivity index (χ1) is 9.24. The van der Waals surface area contributed by atoms with E-state index < -0.39 is 0 Å². The summed E-state index contributed by atoms with van der Waals surface area (Å²) in [5, 5.41) is 3.43. The van der Waals surface area contributed by atoms with Crippen molar-refractivity contribution in [3.05, 3.63) is 18.2 Å². The molecule has 4 heteroatoms. The summed E-state index contributed by atoms with van der Waals surface area (Å²) < 4.78 is 2.22. The number of hydrogen-bond acceptors (Lipinski definition) is 3. The molecule has 1 N–H and O–H groups in total. The maximum atomic E-state index is 4.45. The van der Waals surface area contributed by atoms with Gasteiger partial charge in [-0.1, -0.05) is 13.8 Å². The van der Waals surface area contributed by atoms with Crippen LogP contribution in [0.1, 0.15) is 38.8 Å². The lowest BCUT2D eigenvalue weighted by molar-refractivity contribution is 0.325. The van der Waals surface area contributed by atoms with E-state index in [0.717, 1.165) is 25.3 Å². The molecule has 1 aliphatic heterocycles. The average molecular weight is 264 g/mol. The Morgan fingerprint density at radius 1 is 1.26 bits per heavy atom. The molecular formula is C15H28N4. The van der Waals surface area contributed by atoms with Crippen molar-refractivity contribution in [2.45, 2.75) is 46.2 Å². The molecule has 0 bridgehead atoms. The zero-order valence-corrected chi connectivity index (χ0v) is 12.4. The van der Waals surface area contributed by atoms with Crippen molar-refractivity contribution < 1.29 is 0 Å². The SMILES string of the molecule is CC(C)CNCc1cn(CCCN2CCCC2)cn1. The van der Waals surface area contributed by atoms with Gasteiger partial charge in [-0.3, -0.25) is 0 Å². The van der Waals surface area contributed by atoms with Crippen molar-refractivity contribution in [3.8, 4) is 0 Å². The van der Waals surface area contributed by atoms with Gasteiger partial charge in [-0.2, -0.15) is 0 Å². The second-order valence-electron chi connectivity index (χ2n) is 6.03. The molecule has 0 aliphatic carbocycles. The third-order valence-corrected chi connectivity index (χ3v) is 3.63. The fourth-order valence-corrected chi connectivity index (χ4v) is 2.59. The third-order valence-electron chi connectivity index (χ3n) is 3.63. The molecule has 1 saturated heterocycles. The standard InChI is InChI=1S/C15H28N4/c1-14(2)10-16-11-15-12-19(13-17-15)9-5-8-18-6-3-4-7-18/h12-14,16H,3-11H2,1-2H3. The van der Waals surface area contributed by atoms with E-state index >= 15 is 0 Å². The zero-order chi connectivity index (χ0) is 13.5. The molecule has 108 valence electrons. The minimum atomic E-state index is 0.697. The van der Waals surface area contributed by atoms with E-state index in [1.165, 1.54) is 38.9 Å². The minimum Gasteiger partial charge on any atom is -0.337 e. The predicted octanol–water partition coefficient (Wildman–Crippen LogP) is 2.11. The van der Waals surface area contributed by atoms with Crippen LogP contribution in [0, 0.1) is 5.92 Å². The Balaban J connectivity index is 1.62. The molecule has 1 aromatic heterocycles. The Bertz CT molecular complexity index is 353. The number of hydrogen-bond donors (Lipinski definition) is 1. The van der Waals surface area contributed by atoms with Crippen LogP contribution in [-0.2, 0) is 13.1 Å². The van der Waals surface area contributed by atoms with Gasteiger partial charge in [0, 0.05) is 19.3 Å². The van der Waals surface area contributed by atoms with Crippen LogP contribution >= 0.6 is 0 Å². The van der Waals surface area contributed by atoms with Gasteiger partial charge in [0.25, 0.3) is 0 Å². The van der Waals surface area contributed by atoms with Crippen LogP contribution in [0.4, 0.5) is 0 Å². The molecule has 1 aromatic rings. The lowest BCUT2D eigenvalue weighted by Gasteiger charge is -2.13. The van der Waals surface area contributed by atoms with Crippen LogP contribution in [-0.4, -0.2) is 40.6 Å². The van der Waals surface area contributed by atoms with E-state index in [-0.39, 0.29) is 0 Å². The third kappa shape index (κ3) is 5.33. The monoisotopic (exact) mass is 264 g/mol. The summed E-state index contributed by atoms with van der Waals surface area (Å²) in [5.41, 5.74) is 1.15. The smallest absolute Gasteiger partial charge is 0.0949 e. The largest absolute Gasteiger partial charge is 0.337 e. The van der Waals surface area contributed by atoms with Gasteiger partial charge in [-0.15, -0.1) is 0 Å². The summed E-state index contributed by atoms with van der Waals surface area (Å²) in [4.78, 5) is 7.02. The molecule has 2 rings (SSSR count). The van der Waals surface area contributed by atoms with Crippen LogP contribution < -0.4 is 5.32 Å². The summed E-state index contributed by atoms with van der Waals surface area (Å²) in [7, 11) is 0. The van der Waals surface area contributed by atoms with Gasteiger partial charge in [0.2, 0.25) is 0 Å². The van der Waals surface area contributed by atoms with E-state index in [9.17, 15) is 0 Å². The first-order valence-electron chi connectivity index (χ1n) is 7.68. The maximum absolute atomic E-state index is 4.45. The molecule has 4 nitrogen and oxygen atoms in total. The van der Waals surface area contributed by atoms with E-state index in [1.807, 2.05) is 6.33 Å². The van der Waals surface area contributed by atoms with Gasteiger partial charge in [0.05, 0.1) is 12.0 Å². The highest BCUT2D eigenvalue weighted by atomic mass is 15.1. The molecule has 0 atom stereocenters. The number of rotatable bonds is 8. The Kier molecular flexibility index (Phi) is 5.86. The Hall–Kier alpha value is -0.870. The lowest BCUT2D eigenvalue weighted by atomic mass is 10.2. The molecule has 0 aromatic carbocycles. The summed E-state index contributed by atoms with van der Waals surface area (Å²) in [5.74, 6) is 0.697. The number of nitrogens with one attached hydrogen (secondary N) is 1. The minimum absolute atomic E-state index is 0.697. The van der Waals surface area contributed by atoms with Crippen molar-refractivity contribution in [2.75, 3.05) is 26.2 Å². The van der Waals surface area contributed by atoms with Crippen molar-refractivity contribution in [3.63, 3.8) is 0 Å². The normalized spacial score (nSPS) is 16.6. The summed E-state index contributed by atoms with van der Waals surface area (Å²) in [6.07, 6.45) is 8.15. The summed E-state index contributed by atoms with van der Waals surface area (Å²) in [6, 6.07) is 0. The van der Waals surface area contributed by atoms with Gasteiger partial charge in [-0.05, 0) is 51.4 Å². The first kappa shape index (κ1) is 14.5. The van der Waals surface area contributed by atoms with E-state index in [2.05, 4.69) is 39.8 Å². The molecule has 1 fully saturated rings.